The predicted molar refractivity (Wildman–Crippen MR) is 66.7 cm³/mol. The third-order valence-corrected chi connectivity index (χ3v) is 3.90. The highest BCUT2D eigenvalue weighted by atomic mass is 32.1. The van der Waals surface area contributed by atoms with Crippen molar-refractivity contribution >= 4 is 17.2 Å². The van der Waals surface area contributed by atoms with Crippen LogP contribution in [0.3, 0.4) is 0 Å². The van der Waals surface area contributed by atoms with Crippen LogP contribution in [-0.4, -0.2) is 16.9 Å². The van der Waals surface area contributed by atoms with Gasteiger partial charge in [-0.1, -0.05) is 24.2 Å². The van der Waals surface area contributed by atoms with Crippen LogP contribution in [0.25, 0.3) is 0 Å². The lowest BCUT2D eigenvalue weighted by molar-refractivity contribution is -0.126. The number of hydrogen-bond acceptors (Lipinski definition) is 4. The highest BCUT2D eigenvalue weighted by Crippen LogP contribution is 2.22. The Kier molecular flexibility index (Phi) is 3.96. The summed E-state index contributed by atoms with van der Waals surface area (Å²) in [6.07, 6.45) is 3.98. The van der Waals surface area contributed by atoms with Gasteiger partial charge in [-0.05, 0) is 12.8 Å². The van der Waals surface area contributed by atoms with Crippen molar-refractivity contribution in [1.82, 2.24) is 10.3 Å². The van der Waals surface area contributed by atoms with Gasteiger partial charge in [-0.25, -0.2) is 0 Å². The molecule has 0 spiro atoms. The van der Waals surface area contributed by atoms with E-state index >= 15 is 0 Å². The zero-order valence-electron chi connectivity index (χ0n) is 9.57. The van der Waals surface area contributed by atoms with Crippen LogP contribution < -0.4 is 15.9 Å². The summed E-state index contributed by atoms with van der Waals surface area (Å²) in [6.45, 7) is 0.376. The molecule has 1 aromatic rings. The van der Waals surface area contributed by atoms with E-state index < -0.39 is 0 Å². The Labute approximate surface area is 103 Å². The monoisotopic (exact) mass is 255 g/mol. The summed E-state index contributed by atoms with van der Waals surface area (Å²) in [6, 6.07) is -0.0229. The molecule has 17 heavy (non-hydrogen) atoms. The maximum Gasteiger partial charge on any atom is 0.304 e. The fourth-order valence-corrected chi connectivity index (χ4v) is 2.78. The van der Waals surface area contributed by atoms with Crippen LogP contribution in [0, 0.1) is 5.92 Å². The second-order valence-corrected chi connectivity index (χ2v) is 5.29. The summed E-state index contributed by atoms with van der Waals surface area (Å²) < 4.78 is 0. The van der Waals surface area contributed by atoms with Crippen LogP contribution in [0.4, 0.5) is 0 Å². The number of nitrogens with two attached hydrogens (primary N) is 1. The van der Waals surface area contributed by atoms with E-state index in [1.807, 2.05) is 0 Å². The molecular formula is C11H17N3O2S. The lowest BCUT2D eigenvalue weighted by Crippen LogP contribution is -2.43. The van der Waals surface area contributed by atoms with Crippen LogP contribution in [0.2, 0.25) is 0 Å². The van der Waals surface area contributed by atoms with Gasteiger partial charge in [0.05, 0.1) is 12.5 Å². The largest absolute Gasteiger partial charge is 0.350 e. The van der Waals surface area contributed by atoms with Crippen molar-refractivity contribution < 1.29 is 4.79 Å². The van der Waals surface area contributed by atoms with Crippen molar-refractivity contribution in [2.45, 2.75) is 38.3 Å². The zero-order valence-corrected chi connectivity index (χ0v) is 10.4. The Balaban J connectivity index is 1.86. The lowest BCUT2D eigenvalue weighted by Gasteiger charge is -2.27. The summed E-state index contributed by atoms with van der Waals surface area (Å²) in [5, 5.41) is 4.56. The molecule has 1 aromatic heterocycles. The SMILES string of the molecule is NC1CCCCC1C(=O)NCc1csc(=O)[nH]1. The van der Waals surface area contributed by atoms with E-state index in [2.05, 4.69) is 10.3 Å². The van der Waals surface area contributed by atoms with Crippen molar-refractivity contribution in [2.24, 2.45) is 11.7 Å². The molecule has 0 radical (unpaired) electrons. The predicted octanol–water partition coefficient (Wildman–Crippen LogP) is 0.570. The van der Waals surface area contributed by atoms with Crippen molar-refractivity contribution in [3.05, 3.63) is 20.7 Å². The van der Waals surface area contributed by atoms with Crippen LogP contribution in [0.5, 0.6) is 0 Å². The average molecular weight is 255 g/mol. The molecule has 2 atom stereocenters. The van der Waals surface area contributed by atoms with Crippen molar-refractivity contribution in [2.75, 3.05) is 0 Å². The third kappa shape index (κ3) is 3.17. The molecule has 1 amide bonds. The Bertz CT molecular complexity index is 440. The van der Waals surface area contributed by atoms with Gasteiger partial charge in [0.2, 0.25) is 5.91 Å². The topological polar surface area (TPSA) is 88.0 Å². The van der Waals surface area contributed by atoms with E-state index in [-0.39, 0.29) is 22.7 Å². The highest BCUT2D eigenvalue weighted by molar-refractivity contribution is 7.07. The number of aromatic nitrogens is 1. The van der Waals surface area contributed by atoms with Gasteiger partial charge in [0.15, 0.2) is 0 Å². The maximum absolute atomic E-state index is 11.9. The second kappa shape index (κ2) is 5.46. The van der Waals surface area contributed by atoms with E-state index in [0.717, 1.165) is 42.7 Å². The molecule has 0 bridgehead atoms. The van der Waals surface area contributed by atoms with E-state index in [1.54, 1.807) is 5.38 Å². The molecule has 4 N–H and O–H groups in total. The normalized spacial score (nSPS) is 24.5. The number of hydrogen-bond donors (Lipinski definition) is 3. The van der Waals surface area contributed by atoms with Crippen molar-refractivity contribution in [1.29, 1.82) is 0 Å². The summed E-state index contributed by atoms with van der Waals surface area (Å²) in [4.78, 5) is 25.4. The smallest absolute Gasteiger partial charge is 0.304 e. The molecule has 5 nitrogen and oxygen atoms in total. The fraction of sp³-hybridized carbons (Fsp3) is 0.636. The number of carbonyl (C=O) groups is 1. The van der Waals surface area contributed by atoms with Gasteiger partial charge in [-0.3, -0.25) is 9.59 Å². The minimum atomic E-state index is -0.0939. The molecule has 0 aromatic carbocycles. The van der Waals surface area contributed by atoms with Crippen molar-refractivity contribution in [3.63, 3.8) is 0 Å². The molecule has 1 fully saturated rings. The van der Waals surface area contributed by atoms with Gasteiger partial charge < -0.3 is 16.0 Å². The first-order valence-electron chi connectivity index (χ1n) is 5.87. The summed E-state index contributed by atoms with van der Waals surface area (Å²) >= 11 is 1.11. The Morgan fingerprint density at radius 1 is 1.53 bits per heavy atom. The quantitative estimate of drug-likeness (QED) is 0.738. The number of nitrogens with one attached hydrogen (secondary N) is 2. The minimum Gasteiger partial charge on any atom is -0.350 e. The van der Waals surface area contributed by atoms with Gasteiger partial charge in [0, 0.05) is 17.1 Å². The summed E-state index contributed by atoms with van der Waals surface area (Å²) in [5.41, 5.74) is 6.68. The van der Waals surface area contributed by atoms with Crippen LogP contribution in [-0.2, 0) is 11.3 Å². The van der Waals surface area contributed by atoms with Crippen LogP contribution >= 0.6 is 11.3 Å². The Morgan fingerprint density at radius 3 is 2.94 bits per heavy atom. The summed E-state index contributed by atoms with van der Waals surface area (Å²) in [5.74, 6) is -0.0710. The molecular weight excluding hydrogens is 238 g/mol. The van der Waals surface area contributed by atoms with E-state index in [0.29, 0.717) is 6.54 Å². The number of carbonyl (C=O) groups excluding carboxylic acids is 1. The molecule has 6 heteroatoms. The van der Waals surface area contributed by atoms with Gasteiger partial charge in [-0.2, -0.15) is 0 Å². The Hall–Kier alpha value is -1.14. The van der Waals surface area contributed by atoms with E-state index in [4.69, 9.17) is 5.73 Å². The lowest BCUT2D eigenvalue weighted by atomic mass is 9.84. The zero-order chi connectivity index (χ0) is 12.3. The first-order valence-corrected chi connectivity index (χ1v) is 6.75. The van der Waals surface area contributed by atoms with Gasteiger partial charge >= 0.3 is 4.87 Å². The number of amides is 1. The Morgan fingerprint density at radius 2 is 2.29 bits per heavy atom. The van der Waals surface area contributed by atoms with Crippen LogP contribution in [0.1, 0.15) is 31.4 Å². The average Bonchev–Trinajstić information content (AvgIpc) is 2.73. The van der Waals surface area contributed by atoms with Gasteiger partial charge in [0.1, 0.15) is 0 Å². The number of rotatable bonds is 3. The van der Waals surface area contributed by atoms with Crippen molar-refractivity contribution in [3.8, 4) is 0 Å². The van der Waals surface area contributed by atoms with Crippen LogP contribution in [0.15, 0.2) is 10.2 Å². The van der Waals surface area contributed by atoms with E-state index in [1.165, 1.54) is 0 Å². The first-order chi connectivity index (χ1) is 8.16. The second-order valence-electron chi connectivity index (χ2n) is 4.45. The maximum atomic E-state index is 11.9. The highest BCUT2D eigenvalue weighted by Gasteiger charge is 2.27. The third-order valence-electron chi connectivity index (χ3n) is 3.18. The fourth-order valence-electron chi connectivity index (χ4n) is 2.20. The summed E-state index contributed by atoms with van der Waals surface area (Å²) in [7, 11) is 0. The van der Waals surface area contributed by atoms with Gasteiger partial charge in [0.25, 0.3) is 0 Å². The standard InChI is InChI=1S/C11H17N3O2S/c12-9-4-2-1-3-8(9)10(15)13-5-7-6-17-11(16)14-7/h6,8-9H,1-5,12H2,(H,13,15)(H,14,16). The number of thiazole rings is 1. The number of H-pyrrole nitrogens is 1. The molecule has 1 aliphatic carbocycles. The molecule has 94 valence electrons. The van der Waals surface area contributed by atoms with E-state index in [9.17, 15) is 9.59 Å². The molecule has 1 heterocycles. The van der Waals surface area contributed by atoms with Gasteiger partial charge in [-0.15, -0.1) is 0 Å². The molecule has 2 rings (SSSR count). The minimum absolute atomic E-state index is 0.00393. The molecule has 0 saturated heterocycles. The molecule has 2 unspecified atom stereocenters. The molecule has 1 aliphatic rings. The first kappa shape index (κ1) is 12.3. The molecule has 1 saturated carbocycles. The number of aromatic amines is 1. The molecule has 0 aliphatic heterocycles.